The number of nitrogens with zero attached hydrogens (tertiary/aromatic N) is 3. The predicted octanol–water partition coefficient (Wildman–Crippen LogP) is 2.63. The summed E-state index contributed by atoms with van der Waals surface area (Å²) >= 11 is 7.14. The highest BCUT2D eigenvalue weighted by Gasteiger charge is 2.06. The summed E-state index contributed by atoms with van der Waals surface area (Å²) in [4.78, 5) is 26.8. The fourth-order valence-corrected chi connectivity index (χ4v) is 2.72. The first kappa shape index (κ1) is 14.0. The van der Waals surface area contributed by atoms with Crippen LogP contribution in [0.1, 0.15) is 24.9 Å². The van der Waals surface area contributed by atoms with Gasteiger partial charge in [0.2, 0.25) is 0 Å². The largest absolute Gasteiger partial charge is 0.301 e. The van der Waals surface area contributed by atoms with Gasteiger partial charge in [0.25, 0.3) is 5.56 Å². The van der Waals surface area contributed by atoms with Crippen molar-refractivity contribution in [3.8, 4) is 0 Å². The number of hydrogen-bond acceptors (Lipinski definition) is 5. The second-order valence-corrected chi connectivity index (χ2v) is 5.37. The number of aromatic amines is 1. The molecule has 0 saturated heterocycles. The van der Waals surface area contributed by atoms with E-state index in [9.17, 15) is 4.79 Å². The van der Waals surface area contributed by atoms with Crippen molar-refractivity contribution in [2.45, 2.75) is 36.9 Å². The van der Waals surface area contributed by atoms with Crippen LogP contribution < -0.4 is 5.56 Å². The van der Waals surface area contributed by atoms with Crippen LogP contribution in [0.3, 0.4) is 0 Å². The van der Waals surface area contributed by atoms with E-state index in [1.165, 1.54) is 17.8 Å². The summed E-state index contributed by atoms with van der Waals surface area (Å²) in [5.41, 5.74) is 0.628. The number of H-pyrrole nitrogens is 1. The van der Waals surface area contributed by atoms with Gasteiger partial charge in [-0.05, 0) is 25.1 Å². The maximum atomic E-state index is 11.5. The molecule has 0 radical (unpaired) electrons. The van der Waals surface area contributed by atoms with Gasteiger partial charge in [0.05, 0.1) is 0 Å². The van der Waals surface area contributed by atoms with E-state index in [1.54, 1.807) is 13.0 Å². The molecular weight excluding hydrogens is 284 g/mol. The van der Waals surface area contributed by atoms with Crippen molar-refractivity contribution in [3.05, 3.63) is 39.2 Å². The van der Waals surface area contributed by atoms with Gasteiger partial charge in [-0.3, -0.25) is 4.79 Å². The zero-order chi connectivity index (χ0) is 13.8. The SMILES string of the molecule is CCCc1cc(=O)[nH]c(Sc2cc(Cl)nc(C)n2)n1. The Morgan fingerprint density at radius 1 is 1.32 bits per heavy atom. The quantitative estimate of drug-likeness (QED) is 0.693. The topological polar surface area (TPSA) is 71.5 Å². The maximum absolute atomic E-state index is 11.5. The van der Waals surface area contributed by atoms with Crippen molar-refractivity contribution in [2.75, 3.05) is 0 Å². The highest BCUT2D eigenvalue weighted by Crippen LogP contribution is 2.23. The lowest BCUT2D eigenvalue weighted by Crippen LogP contribution is -2.10. The molecule has 0 fully saturated rings. The predicted molar refractivity (Wildman–Crippen MR) is 74.8 cm³/mol. The minimum atomic E-state index is -0.155. The van der Waals surface area contributed by atoms with Crippen LogP contribution in [0.5, 0.6) is 0 Å². The summed E-state index contributed by atoms with van der Waals surface area (Å²) in [5, 5.41) is 1.56. The highest BCUT2D eigenvalue weighted by molar-refractivity contribution is 7.99. The molecule has 0 aromatic carbocycles. The van der Waals surface area contributed by atoms with E-state index in [0.29, 0.717) is 21.2 Å². The number of rotatable bonds is 4. The van der Waals surface area contributed by atoms with Crippen molar-refractivity contribution in [1.82, 2.24) is 19.9 Å². The molecule has 0 unspecified atom stereocenters. The molecule has 0 aliphatic heterocycles. The number of halogens is 1. The van der Waals surface area contributed by atoms with E-state index in [2.05, 4.69) is 19.9 Å². The molecule has 0 amide bonds. The Morgan fingerprint density at radius 3 is 2.79 bits per heavy atom. The summed E-state index contributed by atoms with van der Waals surface area (Å²) < 4.78 is 0. The van der Waals surface area contributed by atoms with E-state index in [1.807, 2.05) is 6.92 Å². The van der Waals surface area contributed by atoms with Gasteiger partial charge in [0, 0.05) is 17.8 Å². The molecule has 0 saturated carbocycles. The molecule has 2 aromatic heterocycles. The van der Waals surface area contributed by atoms with Gasteiger partial charge in [-0.2, -0.15) is 0 Å². The summed E-state index contributed by atoms with van der Waals surface area (Å²) in [6.45, 7) is 3.81. The molecule has 0 spiro atoms. The Morgan fingerprint density at radius 2 is 2.11 bits per heavy atom. The van der Waals surface area contributed by atoms with Crippen molar-refractivity contribution in [1.29, 1.82) is 0 Å². The maximum Gasteiger partial charge on any atom is 0.251 e. The van der Waals surface area contributed by atoms with E-state index < -0.39 is 0 Å². The van der Waals surface area contributed by atoms with Crippen LogP contribution in [-0.2, 0) is 6.42 Å². The monoisotopic (exact) mass is 296 g/mol. The van der Waals surface area contributed by atoms with Gasteiger partial charge >= 0.3 is 0 Å². The minimum Gasteiger partial charge on any atom is -0.301 e. The lowest BCUT2D eigenvalue weighted by molar-refractivity contribution is 0.814. The molecule has 19 heavy (non-hydrogen) atoms. The average Bonchev–Trinajstić information content (AvgIpc) is 2.26. The molecule has 0 atom stereocenters. The van der Waals surface area contributed by atoms with Crippen LogP contribution in [0.2, 0.25) is 5.15 Å². The van der Waals surface area contributed by atoms with E-state index in [4.69, 9.17) is 11.6 Å². The molecule has 0 aliphatic rings. The van der Waals surface area contributed by atoms with Gasteiger partial charge in [0.15, 0.2) is 5.16 Å². The van der Waals surface area contributed by atoms with Gasteiger partial charge in [0.1, 0.15) is 16.0 Å². The Kier molecular flexibility index (Phi) is 4.55. The van der Waals surface area contributed by atoms with Crippen molar-refractivity contribution in [2.24, 2.45) is 0 Å². The number of aryl methyl sites for hydroxylation is 2. The molecule has 7 heteroatoms. The standard InChI is InChI=1S/C12H13ClN4OS/c1-3-4-8-5-10(18)17-12(16-8)19-11-6-9(13)14-7(2)15-11/h5-6H,3-4H2,1-2H3,(H,16,17,18). The van der Waals surface area contributed by atoms with Crippen LogP contribution in [-0.4, -0.2) is 19.9 Å². The molecule has 2 rings (SSSR count). The molecule has 2 aromatic rings. The molecule has 1 N–H and O–H groups in total. The summed E-state index contributed by atoms with van der Waals surface area (Å²) in [6.07, 6.45) is 1.72. The third kappa shape index (κ3) is 4.04. The molecule has 0 bridgehead atoms. The Bertz CT molecular complexity index is 624. The Hall–Kier alpha value is -1.40. The van der Waals surface area contributed by atoms with Crippen LogP contribution in [0.4, 0.5) is 0 Å². The van der Waals surface area contributed by atoms with Crippen LogP contribution in [0.15, 0.2) is 27.1 Å². The van der Waals surface area contributed by atoms with Crippen LogP contribution >= 0.6 is 23.4 Å². The average molecular weight is 297 g/mol. The van der Waals surface area contributed by atoms with Crippen molar-refractivity contribution in [3.63, 3.8) is 0 Å². The Balaban J connectivity index is 2.29. The normalized spacial score (nSPS) is 10.7. The lowest BCUT2D eigenvalue weighted by atomic mass is 10.2. The van der Waals surface area contributed by atoms with Gasteiger partial charge < -0.3 is 4.98 Å². The van der Waals surface area contributed by atoms with E-state index in [-0.39, 0.29) is 5.56 Å². The smallest absolute Gasteiger partial charge is 0.251 e. The Labute approximate surface area is 119 Å². The number of nitrogens with one attached hydrogen (secondary N) is 1. The number of hydrogen-bond donors (Lipinski definition) is 1. The first-order valence-electron chi connectivity index (χ1n) is 5.86. The van der Waals surface area contributed by atoms with E-state index >= 15 is 0 Å². The highest BCUT2D eigenvalue weighted by atomic mass is 35.5. The van der Waals surface area contributed by atoms with Gasteiger partial charge in [-0.25, -0.2) is 15.0 Å². The molecule has 0 aliphatic carbocycles. The summed E-state index contributed by atoms with van der Waals surface area (Å²) in [6, 6.07) is 3.16. The third-order valence-corrected chi connectivity index (χ3v) is 3.26. The molecule has 100 valence electrons. The zero-order valence-electron chi connectivity index (χ0n) is 10.6. The zero-order valence-corrected chi connectivity index (χ0v) is 12.2. The summed E-state index contributed by atoms with van der Waals surface area (Å²) in [5.74, 6) is 0.585. The molecule has 5 nitrogen and oxygen atoms in total. The third-order valence-electron chi connectivity index (χ3n) is 2.26. The van der Waals surface area contributed by atoms with E-state index in [0.717, 1.165) is 18.5 Å². The molecular formula is C12H13ClN4OS. The summed E-state index contributed by atoms with van der Waals surface area (Å²) in [7, 11) is 0. The first-order valence-corrected chi connectivity index (χ1v) is 7.05. The lowest BCUT2D eigenvalue weighted by Gasteiger charge is -2.03. The fraction of sp³-hybridized carbons (Fsp3) is 0.333. The second-order valence-electron chi connectivity index (χ2n) is 3.97. The number of aromatic nitrogens is 4. The van der Waals surface area contributed by atoms with Gasteiger partial charge in [-0.1, -0.05) is 24.9 Å². The van der Waals surface area contributed by atoms with Crippen molar-refractivity contribution >= 4 is 23.4 Å². The van der Waals surface area contributed by atoms with Gasteiger partial charge in [-0.15, -0.1) is 0 Å². The second kappa shape index (κ2) is 6.16. The first-order chi connectivity index (χ1) is 9.06. The molecule has 2 heterocycles. The van der Waals surface area contributed by atoms with Crippen LogP contribution in [0, 0.1) is 6.92 Å². The van der Waals surface area contributed by atoms with Crippen LogP contribution in [0.25, 0.3) is 0 Å². The minimum absolute atomic E-state index is 0.155. The van der Waals surface area contributed by atoms with Crippen molar-refractivity contribution < 1.29 is 0 Å². The fourth-order valence-electron chi connectivity index (χ4n) is 1.57.